The predicted molar refractivity (Wildman–Crippen MR) is 257 cm³/mol. The fraction of sp³-hybridized carbons (Fsp3) is 0.0526. The van der Waals surface area contributed by atoms with Crippen molar-refractivity contribution in [1.29, 1.82) is 0 Å². The van der Waals surface area contributed by atoms with E-state index in [1.54, 1.807) is 0 Å². The van der Waals surface area contributed by atoms with Crippen LogP contribution in [0.4, 0.5) is 0 Å². The molecule has 0 amide bonds. The number of hydrogen-bond donors (Lipinski definition) is 0. The van der Waals surface area contributed by atoms with E-state index < -0.39 is 0 Å². The Kier molecular flexibility index (Phi) is 7.23. The Morgan fingerprint density at radius 1 is 0.426 bits per heavy atom. The number of rotatable bonds is 4. The Balaban J connectivity index is 0.865. The van der Waals surface area contributed by atoms with Gasteiger partial charge in [0.15, 0.2) is 0 Å². The molecule has 13 rings (SSSR count). The van der Waals surface area contributed by atoms with Crippen LogP contribution >= 0.6 is 11.3 Å². The Labute approximate surface area is 356 Å². The maximum absolute atomic E-state index is 6.27. The number of nitrogens with zero attached hydrogens (tertiary/aromatic N) is 2. The standard InChI is InChI=1S/C57H36N2OS/c1-57(2)47-22-6-5-17-43(47)44-26-23-39(31-48(44)57)42-19-10-21-46-45-20-9-18-41(54(45)61-55(42)46)38-15-8-14-36(30-38)34-12-7-13-35(29-34)37-24-27-49-50(32-37)59-56-53(58-49)52-40-16-4-3-11-33(40)25-28-51(52)60-56/h3-32H,1-2H3. The molecule has 3 heterocycles. The lowest BCUT2D eigenvalue weighted by molar-refractivity contribution is 0.655. The van der Waals surface area contributed by atoms with E-state index in [4.69, 9.17) is 14.4 Å². The Morgan fingerprint density at radius 2 is 1.02 bits per heavy atom. The van der Waals surface area contributed by atoms with Crippen LogP contribution in [0.25, 0.3) is 120 Å². The average molecular weight is 797 g/mol. The van der Waals surface area contributed by atoms with Crippen LogP contribution in [0.3, 0.4) is 0 Å². The third-order valence-corrected chi connectivity index (χ3v) is 14.4. The smallest absolute Gasteiger partial charge is 0.246 e. The zero-order valence-electron chi connectivity index (χ0n) is 33.5. The highest BCUT2D eigenvalue weighted by atomic mass is 32.1. The van der Waals surface area contributed by atoms with Crippen LogP contribution in [0.2, 0.25) is 0 Å². The Bertz CT molecular complexity index is 3810. The van der Waals surface area contributed by atoms with Gasteiger partial charge in [-0.25, -0.2) is 9.97 Å². The molecule has 0 radical (unpaired) electrons. The molecule has 3 aromatic heterocycles. The van der Waals surface area contributed by atoms with Gasteiger partial charge in [-0.05, 0) is 114 Å². The van der Waals surface area contributed by atoms with E-state index in [1.165, 1.54) is 70.2 Å². The van der Waals surface area contributed by atoms with Gasteiger partial charge in [0.1, 0.15) is 11.1 Å². The highest BCUT2D eigenvalue weighted by Gasteiger charge is 2.35. The molecule has 286 valence electrons. The number of fused-ring (bicyclic) bond motifs is 12. The van der Waals surface area contributed by atoms with Crippen LogP contribution in [0.5, 0.6) is 0 Å². The second kappa shape index (κ2) is 12.8. The molecule has 0 saturated heterocycles. The molecular weight excluding hydrogens is 761 g/mol. The molecule has 0 fully saturated rings. The molecule has 61 heavy (non-hydrogen) atoms. The SMILES string of the molecule is CC1(C)c2ccccc2-c2ccc(-c3cccc4c3sc3c(-c5cccc(-c6cccc(-c7ccc8nc9c(nc8c7)oc7ccc8ccccc8c79)c6)c5)cccc34)cc21. The van der Waals surface area contributed by atoms with Crippen LogP contribution in [0.1, 0.15) is 25.0 Å². The van der Waals surface area contributed by atoms with Crippen LogP contribution in [0.15, 0.2) is 186 Å². The molecule has 1 aliphatic rings. The molecule has 0 aliphatic heterocycles. The molecule has 0 unspecified atom stereocenters. The summed E-state index contributed by atoms with van der Waals surface area (Å²) in [6.45, 7) is 4.72. The lowest BCUT2D eigenvalue weighted by Crippen LogP contribution is -2.14. The van der Waals surface area contributed by atoms with E-state index in [1.807, 2.05) is 17.4 Å². The molecule has 0 atom stereocenters. The van der Waals surface area contributed by atoms with Crippen LogP contribution in [0, 0.1) is 0 Å². The first kappa shape index (κ1) is 34.5. The minimum absolute atomic E-state index is 0.0442. The molecule has 0 N–H and O–H groups in total. The van der Waals surface area contributed by atoms with Gasteiger partial charge in [-0.3, -0.25) is 0 Å². The minimum atomic E-state index is -0.0442. The van der Waals surface area contributed by atoms with E-state index in [9.17, 15) is 0 Å². The van der Waals surface area contributed by atoms with Crippen molar-refractivity contribution in [3.05, 3.63) is 193 Å². The molecule has 0 bridgehead atoms. The van der Waals surface area contributed by atoms with Crippen molar-refractivity contribution in [2.24, 2.45) is 0 Å². The first-order valence-corrected chi connectivity index (χ1v) is 21.7. The van der Waals surface area contributed by atoms with Gasteiger partial charge in [0, 0.05) is 25.6 Å². The van der Waals surface area contributed by atoms with Gasteiger partial charge in [-0.1, -0.05) is 159 Å². The van der Waals surface area contributed by atoms with Crippen molar-refractivity contribution < 1.29 is 4.42 Å². The van der Waals surface area contributed by atoms with Crippen molar-refractivity contribution in [3.8, 4) is 55.6 Å². The quantitative estimate of drug-likeness (QED) is 0.178. The molecule has 0 saturated carbocycles. The highest BCUT2D eigenvalue weighted by molar-refractivity contribution is 7.26. The second-order valence-corrected chi connectivity index (χ2v) is 17.9. The van der Waals surface area contributed by atoms with E-state index in [-0.39, 0.29) is 5.41 Å². The maximum Gasteiger partial charge on any atom is 0.246 e. The van der Waals surface area contributed by atoms with E-state index >= 15 is 0 Å². The highest BCUT2D eigenvalue weighted by Crippen LogP contribution is 2.51. The largest absolute Gasteiger partial charge is 0.436 e. The van der Waals surface area contributed by atoms with Crippen molar-refractivity contribution in [1.82, 2.24) is 9.97 Å². The van der Waals surface area contributed by atoms with Gasteiger partial charge in [-0.15, -0.1) is 11.3 Å². The third-order valence-electron chi connectivity index (χ3n) is 13.1. The maximum atomic E-state index is 6.27. The minimum Gasteiger partial charge on any atom is -0.436 e. The summed E-state index contributed by atoms with van der Waals surface area (Å²) in [5.74, 6) is 0. The number of benzene rings is 9. The van der Waals surface area contributed by atoms with Crippen LogP contribution in [-0.2, 0) is 5.41 Å². The summed E-state index contributed by atoms with van der Waals surface area (Å²) >= 11 is 1.91. The van der Waals surface area contributed by atoms with Crippen molar-refractivity contribution in [2.45, 2.75) is 19.3 Å². The van der Waals surface area contributed by atoms with E-state index in [2.05, 4.69) is 190 Å². The second-order valence-electron chi connectivity index (χ2n) is 16.9. The lowest BCUT2D eigenvalue weighted by Gasteiger charge is -2.22. The van der Waals surface area contributed by atoms with Crippen LogP contribution in [-0.4, -0.2) is 9.97 Å². The van der Waals surface area contributed by atoms with E-state index in [0.717, 1.165) is 55.0 Å². The molecule has 3 nitrogen and oxygen atoms in total. The van der Waals surface area contributed by atoms with Gasteiger partial charge >= 0.3 is 0 Å². The monoisotopic (exact) mass is 796 g/mol. The fourth-order valence-corrected chi connectivity index (χ4v) is 11.4. The molecule has 12 aromatic rings. The summed E-state index contributed by atoms with van der Waals surface area (Å²) in [7, 11) is 0. The van der Waals surface area contributed by atoms with Gasteiger partial charge in [0.05, 0.1) is 16.4 Å². The van der Waals surface area contributed by atoms with Gasteiger partial charge in [0.2, 0.25) is 5.71 Å². The molecule has 9 aromatic carbocycles. The summed E-state index contributed by atoms with van der Waals surface area (Å²) in [5, 5.41) is 5.91. The summed E-state index contributed by atoms with van der Waals surface area (Å²) in [6.07, 6.45) is 0. The number of hydrogen-bond acceptors (Lipinski definition) is 4. The lowest BCUT2D eigenvalue weighted by atomic mass is 9.81. The van der Waals surface area contributed by atoms with Gasteiger partial charge in [0.25, 0.3) is 0 Å². The fourth-order valence-electron chi connectivity index (χ4n) is 10.0. The Hall–Kier alpha value is -7.40. The first-order chi connectivity index (χ1) is 30.0. The molecular formula is C57H36N2OS. The normalized spacial score (nSPS) is 13.2. The van der Waals surface area contributed by atoms with Crippen molar-refractivity contribution >= 4 is 75.5 Å². The number of thiophene rings is 1. The zero-order chi connectivity index (χ0) is 40.4. The summed E-state index contributed by atoms with van der Waals surface area (Å²) in [6, 6.07) is 66.2. The predicted octanol–water partition coefficient (Wildman–Crippen LogP) is 16.0. The van der Waals surface area contributed by atoms with Crippen LogP contribution < -0.4 is 0 Å². The zero-order valence-corrected chi connectivity index (χ0v) is 34.3. The number of aromatic nitrogens is 2. The topological polar surface area (TPSA) is 38.9 Å². The number of furan rings is 1. The van der Waals surface area contributed by atoms with Gasteiger partial charge in [-0.2, -0.15) is 0 Å². The third kappa shape index (κ3) is 5.16. The molecule has 1 aliphatic carbocycles. The summed E-state index contributed by atoms with van der Waals surface area (Å²) in [4.78, 5) is 10.1. The van der Waals surface area contributed by atoms with Crippen molar-refractivity contribution in [2.75, 3.05) is 0 Å². The molecule has 0 spiro atoms. The summed E-state index contributed by atoms with van der Waals surface area (Å²) < 4.78 is 8.91. The first-order valence-electron chi connectivity index (χ1n) is 20.9. The average Bonchev–Trinajstić information content (AvgIpc) is 3.95. The van der Waals surface area contributed by atoms with Gasteiger partial charge < -0.3 is 4.42 Å². The van der Waals surface area contributed by atoms with E-state index in [0.29, 0.717) is 5.71 Å². The Morgan fingerprint density at radius 3 is 1.80 bits per heavy atom. The van der Waals surface area contributed by atoms with Crippen molar-refractivity contribution in [3.63, 3.8) is 0 Å². The molecule has 4 heteroatoms. The summed E-state index contributed by atoms with van der Waals surface area (Å²) in [5.41, 5.74) is 18.9.